The van der Waals surface area contributed by atoms with Crippen molar-refractivity contribution in [2.45, 2.75) is 20.4 Å². The molecule has 17 heavy (non-hydrogen) atoms. The zero-order valence-corrected chi connectivity index (χ0v) is 11.1. The van der Waals surface area contributed by atoms with Crippen LogP contribution in [-0.4, -0.2) is 39.7 Å². The second-order valence-corrected chi connectivity index (χ2v) is 6.80. The fourth-order valence-electron chi connectivity index (χ4n) is 1.14. The number of hydrogen-bond donors (Lipinski definition) is 1. The van der Waals surface area contributed by atoms with Crippen molar-refractivity contribution in [2.75, 3.05) is 12.4 Å². The first-order chi connectivity index (χ1) is 8.15. The number of amides is 1. The highest BCUT2D eigenvalue weighted by Crippen LogP contribution is 2.34. The molecule has 1 atom stereocenters. The van der Waals surface area contributed by atoms with Gasteiger partial charge in [-0.1, -0.05) is 34.9 Å². The van der Waals surface area contributed by atoms with Gasteiger partial charge >= 0.3 is 5.97 Å². The highest BCUT2D eigenvalue weighted by Gasteiger charge is 2.28. The number of nitrogens with two attached hydrogens (primary N) is 1. The van der Waals surface area contributed by atoms with Crippen molar-refractivity contribution in [2.24, 2.45) is 5.73 Å². The van der Waals surface area contributed by atoms with Crippen molar-refractivity contribution in [3.63, 3.8) is 0 Å². The van der Waals surface area contributed by atoms with Crippen LogP contribution in [0.5, 0.6) is 0 Å². The number of rotatable bonds is 5. The number of ether oxygens (including phenoxy) is 1. The second-order valence-electron chi connectivity index (χ2n) is 3.15. The summed E-state index contributed by atoms with van der Waals surface area (Å²) in [4.78, 5) is 21.8. The molecule has 1 aromatic heterocycles. The zero-order chi connectivity index (χ0) is 12.3. The van der Waals surface area contributed by atoms with E-state index in [2.05, 4.69) is 10.2 Å². The molecule has 2 rings (SSSR count). The maximum Gasteiger partial charge on any atom is 0.319 e. The van der Waals surface area contributed by atoms with Crippen LogP contribution in [-0.2, 0) is 14.3 Å². The Morgan fingerprint density at radius 2 is 2.29 bits per heavy atom. The fraction of sp³-hybridized carbons (Fsp3) is 0.500. The van der Waals surface area contributed by atoms with E-state index in [4.69, 9.17) is 10.5 Å². The maximum absolute atomic E-state index is 11.2. The third kappa shape index (κ3) is 3.58. The van der Waals surface area contributed by atoms with Crippen molar-refractivity contribution in [1.29, 1.82) is 0 Å². The minimum atomic E-state index is -0.390. The van der Waals surface area contributed by atoms with Crippen LogP contribution in [0.4, 0.5) is 0 Å². The van der Waals surface area contributed by atoms with E-state index in [0.717, 1.165) is 0 Å². The lowest BCUT2D eigenvalue weighted by atomic mass is 10.4. The average molecular weight is 291 g/mol. The van der Waals surface area contributed by atoms with E-state index in [-0.39, 0.29) is 17.0 Å². The molecular formula is C8H9N3O3S3. The second kappa shape index (κ2) is 5.69. The lowest BCUT2D eigenvalue weighted by Crippen LogP contribution is -2.12. The van der Waals surface area contributed by atoms with Gasteiger partial charge in [0.1, 0.15) is 5.25 Å². The van der Waals surface area contributed by atoms with Gasteiger partial charge in [0.25, 0.3) is 0 Å². The molecule has 0 spiro atoms. The SMILES string of the molecule is NC(=O)CSc1nnc(S[C@H]2CCOC2=O)s1. The number of primary amides is 1. The summed E-state index contributed by atoms with van der Waals surface area (Å²) in [5.41, 5.74) is 5.03. The molecule has 2 N–H and O–H groups in total. The molecule has 1 saturated heterocycles. The van der Waals surface area contributed by atoms with Crippen LogP contribution in [0.2, 0.25) is 0 Å². The van der Waals surface area contributed by atoms with Gasteiger partial charge in [-0.3, -0.25) is 9.59 Å². The minimum Gasteiger partial charge on any atom is -0.465 e. The highest BCUT2D eigenvalue weighted by atomic mass is 32.2. The number of cyclic esters (lactones) is 1. The summed E-state index contributed by atoms with van der Waals surface area (Å²) in [5, 5.41) is 7.67. The third-order valence-corrected chi connectivity index (χ3v) is 5.26. The first kappa shape index (κ1) is 12.7. The number of hydrogen-bond acceptors (Lipinski definition) is 8. The molecule has 0 saturated carbocycles. The van der Waals surface area contributed by atoms with Crippen LogP contribution < -0.4 is 5.73 Å². The molecule has 0 unspecified atom stereocenters. The van der Waals surface area contributed by atoms with Crippen molar-refractivity contribution < 1.29 is 14.3 Å². The van der Waals surface area contributed by atoms with Crippen LogP contribution >= 0.6 is 34.9 Å². The summed E-state index contributed by atoms with van der Waals surface area (Å²) in [6, 6.07) is 0. The third-order valence-electron chi connectivity index (χ3n) is 1.86. The van der Waals surface area contributed by atoms with E-state index < -0.39 is 5.91 Å². The molecule has 0 bridgehead atoms. The Hall–Kier alpha value is -0.800. The van der Waals surface area contributed by atoms with Crippen LogP contribution in [0.3, 0.4) is 0 Å². The number of carbonyl (C=O) groups excluding carboxylic acids is 2. The number of carbonyl (C=O) groups is 2. The summed E-state index contributed by atoms with van der Waals surface area (Å²) in [6.45, 7) is 0.471. The number of thioether (sulfide) groups is 2. The molecule has 0 aliphatic carbocycles. The minimum absolute atomic E-state index is 0.183. The van der Waals surface area contributed by atoms with E-state index in [9.17, 15) is 9.59 Å². The number of esters is 1. The van der Waals surface area contributed by atoms with Gasteiger partial charge in [-0.25, -0.2) is 0 Å². The molecule has 6 nitrogen and oxygen atoms in total. The molecule has 1 fully saturated rings. The molecule has 1 aliphatic rings. The molecule has 92 valence electrons. The lowest BCUT2D eigenvalue weighted by molar-refractivity contribution is -0.137. The van der Waals surface area contributed by atoms with Crippen molar-refractivity contribution in [1.82, 2.24) is 10.2 Å². The van der Waals surface area contributed by atoms with E-state index in [1.165, 1.54) is 34.9 Å². The summed E-state index contributed by atoms with van der Waals surface area (Å²) in [6.07, 6.45) is 0.701. The predicted molar refractivity (Wildman–Crippen MR) is 65.0 cm³/mol. The van der Waals surface area contributed by atoms with Crippen molar-refractivity contribution in [3.05, 3.63) is 0 Å². The fourth-order valence-corrected chi connectivity index (χ4v) is 4.11. The molecule has 9 heteroatoms. The summed E-state index contributed by atoms with van der Waals surface area (Å²) < 4.78 is 6.24. The monoisotopic (exact) mass is 291 g/mol. The Labute approximate surface area is 110 Å². The van der Waals surface area contributed by atoms with Crippen molar-refractivity contribution in [3.8, 4) is 0 Å². The Balaban J connectivity index is 1.89. The smallest absolute Gasteiger partial charge is 0.319 e. The standard InChI is InChI=1S/C8H9N3O3S3/c9-5(12)3-15-7-10-11-8(17-7)16-4-1-2-14-6(4)13/h4H,1-3H2,(H2,9,12)/t4-/m0/s1. The maximum atomic E-state index is 11.2. The molecule has 1 aromatic rings. The molecule has 2 heterocycles. The van der Waals surface area contributed by atoms with Crippen LogP contribution in [0.1, 0.15) is 6.42 Å². The Morgan fingerprint density at radius 1 is 1.53 bits per heavy atom. The van der Waals surface area contributed by atoms with Gasteiger partial charge in [0.15, 0.2) is 8.68 Å². The summed E-state index contributed by atoms with van der Waals surface area (Å²) in [5.74, 6) is -0.402. The van der Waals surface area contributed by atoms with Gasteiger partial charge in [0, 0.05) is 6.42 Å². The van der Waals surface area contributed by atoms with E-state index in [0.29, 0.717) is 21.7 Å². The van der Waals surface area contributed by atoms with Crippen molar-refractivity contribution >= 4 is 46.7 Å². The first-order valence-electron chi connectivity index (χ1n) is 4.73. The topological polar surface area (TPSA) is 95.2 Å². The van der Waals surface area contributed by atoms with Crippen LogP contribution in [0.15, 0.2) is 8.68 Å². The average Bonchev–Trinajstić information content (AvgIpc) is 2.87. The first-order valence-corrected chi connectivity index (χ1v) is 7.41. The Kier molecular flexibility index (Phi) is 4.24. The number of nitrogens with zero attached hydrogens (tertiary/aromatic N) is 2. The van der Waals surface area contributed by atoms with Gasteiger partial charge in [0.2, 0.25) is 5.91 Å². The van der Waals surface area contributed by atoms with Gasteiger partial charge < -0.3 is 10.5 Å². The van der Waals surface area contributed by atoms with Gasteiger partial charge in [-0.15, -0.1) is 10.2 Å². The lowest BCUT2D eigenvalue weighted by Gasteiger charge is -1.99. The predicted octanol–water partition coefficient (Wildman–Crippen LogP) is 0.523. The molecule has 0 radical (unpaired) electrons. The van der Waals surface area contributed by atoms with Gasteiger partial charge in [-0.05, 0) is 0 Å². The van der Waals surface area contributed by atoms with E-state index >= 15 is 0 Å². The van der Waals surface area contributed by atoms with Crippen LogP contribution in [0.25, 0.3) is 0 Å². The number of aromatic nitrogens is 2. The molecule has 1 aliphatic heterocycles. The highest BCUT2D eigenvalue weighted by molar-refractivity contribution is 8.04. The molecule has 0 aromatic carbocycles. The summed E-state index contributed by atoms with van der Waals surface area (Å²) in [7, 11) is 0. The Morgan fingerprint density at radius 3 is 2.94 bits per heavy atom. The van der Waals surface area contributed by atoms with Gasteiger partial charge in [-0.2, -0.15) is 0 Å². The normalized spacial score (nSPS) is 19.3. The molecular weight excluding hydrogens is 282 g/mol. The molecule has 1 amide bonds. The van der Waals surface area contributed by atoms with Crippen LogP contribution in [0, 0.1) is 0 Å². The zero-order valence-electron chi connectivity index (χ0n) is 8.62. The van der Waals surface area contributed by atoms with E-state index in [1.54, 1.807) is 0 Å². The Bertz CT molecular complexity index is 437. The van der Waals surface area contributed by atoms with E-state index in [1.807, 2.05) is 0 Å². The quantitative estimate of drug-likeness (QED) is 0.624. The summed E-state index contributed by atoms with van der Waals surface area (Å²) >= 11 is 3.96. The van der Waals surface area contributed by atoms with Gasteiger partial charge in [0.05, 0.1) is 12.4 Å². The largest absolute Gasteiger partial charge is 0.465 e.